The normalized spacial score (nSPS) is 24.3. The lowest BCUT2D eigenvalue weighted by atomic mass is 9.97. The predicted octanol–water partition coefficient (Wildman–Crippen LogP) is 3.67. The molecule has 0 aliphatic carbocycles. The lowest BCUT2D eigenvalue weighted by Gasteiger charge is -2.39. The Hall–Kier alpha value is -1.79. The van der Waals surface area contributed by atoms with E-state index in [0.717, 1.165) is 36.0 Å². The molecule has 1 aromatic heterocycles. The van der Waals surface area contributed by atoms with Crippen LogP contribution >= 0.6 is 11.8 Å². The minimum Gasteiger partial charge on any atom is -0.349 e. The van der Waals surface area contributed by atoms with Gasteiger partial charge in [-0.05, 0) is 63.3 Å². The van der Waals surface area contributed by atoms with Gasteiger partial charge in [-0.1, -0.05) is 18.2 Å². The summed E-state index contributed by atoms with van der Waals surface area (Å²) in [6, 6.07) is 10.8. The summed E-state index contributed by atoms with van der Waals surface area (Å²) in [6.45, 7) is 5.11. The van der Waals surface area contributed by atoms with Crippen LogP contribution in [0.4, 0.5) is 0 Å². The molecule has 156 valence electrons. The van der Waals surface area contributed by atoms with E-state index in [9.17, 15) is 9.59 Å². The number of rotatable bonds is 6. The molecule has 2 aliphatic heterocycles. The molecular formula is C23H31N3O2S. The fourth-order valence-electron chi connectivity index (χ4n) is 5.18. The summed E-state index contributed by atoms with van der Waals surface area (Å²) in [7, 11) is 0. The number of para-hydroxylation sites is 1. The van der Waals surface area contributed by atoms with Crippen molar-refractivity contribution in [1.82, 2.24) is 14.8 Å². The van der Waals surface area contributed by atoms with Gasteiger partial charge in [0.25, 0.3) is 11.5 Å². The predicted molar refractivity (Wildman–Crippen MR) is 121 cm³/mol. The van der Waals surface area contributed by atoms with Crippen LogP contribution in [0.1, 0.15) is 55.9 Å². The molecule has 3 heterocycles. The number of hydrogen-bond acceptors (Lipinski definition) is 4. The lowest BCUT2D eigenvalue weighted by Crippen LogP contribution is -2.51. The van der Waals surface area contributed by atoms with Crippen LogP contribution in [0.25, 0.3) is 10.9 Å². The smallest absolute Gasteiger partial charge is 0.264 e. The van der Waals surface area contributed by atoms with Gasteiger partial charge in [-0.3, -0.25) is 14.5 Å². The van der Waals surface area contributed by atoms with Crippen molar-refractivity contribution in [2.45, 2.75) is 63.7 Å². The third kappa shape index (κ3) is 3.97. The van der Waals surface area contributed by atoms with E-state index in [1.165, 1.54) is 12.8 Å². The second-order valence-electron chi connectivity index (χ2n) is 8.64. The molecule has 1 unspecified atom stereocenters. The molecule has 5 nitrogen and oxygen atoms in total. The maximum atomic E-state index is 13.1. The molecule has 1 aromatic carbocycles. The number of carbonyl (C=O) groups is 1. The number of hydrogen-bond donors (Lipinski definition) is 1. The van der Waals surface area contributed by atoms with Gasteiger partial charge >= 0.3 is 0 Å². The minimum atomic E-state index is -0.225. The number of amides is 1. The number of fused-ring (bicyclic) bond motifs is 3. The van der Waals surface area contributed by atoms with Gasteiger partial charge in [0.15, 0.2) is 0 Å². The van der Waals surface area contributed by atoms with Crippen LogP contribution < -0.4 is 10.9 Å². The lowest BCUT2D eigenvalue weighted by molar-refractivity contribution is 0.0856. The van der Waals surface area contributed by atoms with Crippen LogP contribution in [0, 0.1) is 0 Å². The summed E-state index contributed by atoms with van der Waals surface area (Å²) in [6.07, 6.45) is 6.58. The Balaban J connectivity index is 1.55. The Morgan fingerprint density at radius 2 is 1.90 bits per heavy atom. The van der Waals surface area contributed by atoms with Gasteiger partial charge in [-0.25, -0.2) is 0 Å². The van der Waals surface area contributed by atoms with Crippen molar-refractivity contribution in [3.63, 3.8) is 0 Å². The van der Waals surface area contributed by atoms with E-state index in [0.29, 0.717) is 12.1 Å². The first-order valence-electron chi connectivity index (χ1n) is 10.7. The number of nitrogens with one attached hydrogen (secondary N) is 1. The minimum absolute atomic E-state index is 0.00401. The van der Waals surface area contributed by atoms with Gasteiger partial charge in [0, 0.05) is 36.5 Å². The van der Waals surface area contributed by atoms with Crippen LogP contribution in [0.15, 0.2) is 35.1 Å². The number of piperidine rings is 1. The maximum absolute atomic E-state index is 13.1. The summed E-state index contributed by atoms with van der Waals surface area (Å²) in [5.41, 5.74) is 0.940. The van der Waals surface area contributed by atoms with E-state index in [-0.39, 0.29) is 29.1 Å². The zero-order valence-electron chi connectivity index (χ0n) is 17.6. The molecule has 0 saturated carbocycles. The van der Waals surface area contributed by atoms with E-state index < -0.39 is 0 Å². The van der Waals surface area contributed by atoms with Crippen LogP contribution in [0.5, 0.6) is 0 Å². The number of thioether (sulfide) groups is 1. The molecule has 29 heavy (non-hydrogen) atoms. The highest BCUT2D eigenvalue weighted by molar-refractivity contribution is 7.98. The molecule has 3 atom stereocenters. The standard InChI is InChI=1S/C23H31N3O2S/c1-15(2)26-21-7-5-4-6-16(21)12-20(23(26)28)22(27)24-17-13-18-8-9-19(14-17)25(18)10-11-29-3/h4-7,12,15,17-19H,8-11,13-14H2,1-3H3,(H,24,27)/t17?,18-,19+. The van der Waals surface area contributed by atoms with Gasteiger partial charge in [-0.2, -0.15) is 11.8 Å². The highest BCUT2D eigenvalue weighted by atomic mass is 32.2. The Labute approximate surface area is 176 Å². The molecule has 2 saturated heterocycles. The van der Waals surface area contributed by atoms with Crippen molar-refractivity contribution in [3.05, 3.63) is 46.2 Å². The fourth-order valence-corrected chi connectivity index (χ4v) is 5.57. The first-order valence-corrected chi connectivity index (χ1v) is 12.1. The van der Waals surface area contributed by atoms with Gasteiger partial charge in [0.2, 0.25) is 0 Å². The average molecular weight is 414 g/mol. The third-order valence-electron chi connectivity index (χ3n) is 6.48. The number of aromatic nitrogens is 1. The Bertz CT molecular complexity index is 941. The Morgan fingerprint density at radius 1 is 1.21 bits per heavy atom. The second-order valence-corrected chi connectivity index (χ2v) is 9.63. The van der Waals surface area contributed by atoms with Crippen molar-refractivity contribution in [2.75, 3.05) is 18.6 Å². The van der Waals surface area contributed by atoms with Gasteiger partial charge in [-0.15, -0.1) is 0 Å². The van der Waals surface area contributed by atoms with Gasteiger partial charge in [0.05, 0.1) is 5.52 Å². The molecule has 2 bridgehead atoms. The summed E-state index contributed by atoms with van der Waals surface area (Å²) in [5, 5.41) is 4.13. The third-order valence-corrected chi connectivity index (χ3v) is 7.07. The quantitative estimate of drug-likeness (QED) is 0.785. The Morgan fingerprint density at radius 3 is 2.55 bits per heavy atom. The molecule has 0 radical (unpaired) electrons. The molecule has 2 fully saturated rings. The average Bonchev–Trinajstić information content (AvgIpc) is 2.93. The van der Waals surface area contributed by atoms with Crippen molar-refractivity contribution in [2.24, 2.45) is 0 Å². The highest BCUT2D eigenvalue weighted by Crippen LogP contribution is 2.35. The van der Waals surface area contributed by atoms with Crippen molar-refractivity contribution in [3.8, 4) is 0 Å². The Kier molecular flexibility index (Phi) is 6.02. The molecule has 0 spiro atoms. The summed E-state index contributed by atoms with van der Waals surface area (Å²) >= 11 is 1.89. The van der Waals surface area contributed by atoms with E-state index in [1.807, 2.05) is 49.9 Å². The van der Waals surface area contributed by atoms with Gasteiger partial charge < -0.3 is 9.88 Å². The summed E-state index contributed by atoms with van der Waals surface area (Å²) in [4.78, 5) is 28.8. The van der Waals surface area contributed by atoms with Crippen molar-refractivity contribution < 1.29 is 4.79 Å². The van der Waals surface area contributed by atoms with E-state index >= 15 is 0 Å². The zero-order valence-corrected chi connectivity index (χ0v) is 18.4. The highest BCUT2D eigenvalue weighted by Gasteiger charge is 2.40. The molecule has 4 rings (SSSR count). The second kappa shape index (κ2) is 8.52. The molecule has 6 heteroatoms. The summed E-state index contributed by atoms with van der Waals surface area (Å²) < 4.78 is 1.74. The monoisotopic (exact) mass is 413 g/mol. The van der Waals surface area contributed by atoms with E-state index in [4.69, 9.17) is 0 Å². The molecular weight excluding hydrogens is 382 g/mol. The SMILES string of the molecule is CSCCN1[C@@H]2CC[C@H]1CC(NC(=O)c1cc3ccccc3n(C(C)C)c1=O)C2. The van der Waals surface area contributed by atoms with Crippen LogP contribution in [0.2, 0.25) is 0 Å². The van der Waals surface area contributed by atoms with E-state index in [1.54, 1.807) is 10.6 Å². The summed E-state index contributed by atoms with van der Waals surface area (Å²) in [5.74, 6) is 0.938. The molecule has 2 aromatic rings. The maximum Gasteiger partial charge on any atom is 0.264 e. The van der Waals surface area contributed by atoms with Crippen LogP contribution in [0.3, 0.4) is 0 Å². The van der Waals surface area contributed by atoms with Crippen molar-refractivity contribution >= 4 is 28.6 Å². The van der Waals surface area contributed by atoms with Crippen LogP contribution in [-0.2, 0) is 0 Å². The number of benzene rings is 1. The molecule has 2 aliphatic rings. The number of carbonyl (C=O) groups excluding carboxylic acids is 1. The molecule has 1 N–H and O–H groups in total. The molecule has 1 amide bonds. The first-order chi connectivity index (χ1) is 14.0. The topological polar surface area (TPSA) is 54.3 Å². The van der Waals surface area contributed by atoms with Crippen molar-refractivity contribution in [1.29, 1.82) is 0 Å². The van der Waals surface area contributed by atoms with Gasteiger partial charge in [0.1, 0.15) is 5.56 Å². The number of nitrogens with zero attached hydrogens (tertiary/aromatic N) is 2. The first kappa shape index (κ1) is 20.5. The van der Waals surface area contributed by atoms with Crippen LogP contribution in [-0.4, -0.2) is 52.1 Å². The van der Waals surface area contributed by atoms with E-state index in [2.05, 4.69) is 16.5 Å². The largest absolute Gasteiger partial charge is 0.349 e. The number of pyridine rings is 1. The zero-order chi connectivity index (χ0) is 20.5. The fraction of sp³-hybridized carbons (Fsp3) is 0.565.